The number of hydrogen-bond acceptors (Lipinski definition) is 2. The fourth-order valence-corrected chi connectivity index (χ4v) is 2.53. The van der Waals surface area contributed by atoms with Crippen molar-refractivity contribution < 1.29 is 14.3 Å². The van der Waals surface area contributed by atoms with Crippen LogP contribution in [0.25, 0.3) is 0 Å². The van der Waals surface area contributed by atoms with Crippen molar-refractivity contribution in [3.05, 3.63) is 34.6 Å². The highest BCUT2D eigenvalue weighted by atomic mass is 35.5. The molecule has 0 aromatic heterocycles. The fraction of sp³-hybridized carbons (Fsp3) is 0.462. The molecule has 1 aliphatic carbocycles. The van der Waals surface area contributed by atoms with Crippen LogP contribution in [-0.4, -0.2) is 23.7 Å². The molecule has 1 aromatic carbocycles. The van der Waals surface area contributed by atoms with Gasteiger partial charge < -0.3 is 10.4 Å². The van der Waals surface area contributed by atoms with E-state index in [1.807, 2.05) is 0 Å². The van der Waals surface area contributed by atoms with Crippen LogP contribution in [0.15, 0.2) is 18.2 Å². The molecule has 2 unspecified atom stereocenters. The highest BCUT2D eigenvalue weighted by Gasteiger charge is 2.26. The van der Waals surface area contributed by atoms with Gasteiger partial charge in [-0.3, -0.25) is 4.79 Å². The first-order chi connectivity index (χ1) is 8.59. The summed E-state index contributed by atoms with van der Waals surface area (Å²) in [5, 5.41) is 12.4. The number of aliphatic hydroxyl groups is 1. The van der Waals surface area contributed by atoms with Crippen LogP contribution in [-0.2, 0) is 0 Å². The lowest BCUT2D eigenvalue weighted by molar-refractivity contribution is 0.0913. The first-order valence-corrected chi connectivity index (χ1v) is 6.37. The van der Waals surface area contributed by atoms with Crippen LogP contribution >= 0.6 is 11.6 Å². The molecule has 1 amide bonds. The van der Waals surface area contributed by atoms with Crippen molar-refractivity contribution in [3.8, 4) is 0 Å². The van der Waals surface area contributed by atoms with Crippen LogP contribution in [0.5, 0.6) is 0 Å². The lowest BCUT2D eigenvalue weighted by atomic mass is 10.1. The third-order valence-corrected chi connectivity index (χ3v) is 3.65. The van der Waals surface area contributed by atoms with Crippen molar-refractivity contribution >= 4 is 17.5 Å². The summed E-state index contributed by atoms with van der Waals surface area (Å²) >= 11 is 5.80. The SMILES string of the molecule is O=C(NCC1CCCC1O)c1c(F)cccc1Cl. The molecule has 2 rings (SSSR count). The van der Waals surface area contributed by atoms with Crippen molar-refractivity contribution in [2.75, 3.05) is 6.54 Å². The molecule has 0 bridgehead atoms. The van der Waals surface area contributed by atoms with Crippen molar-refractivity contribution in [1.82, 2.24) is 5.32 Å². The predicted molar refractivity (Wildman–Crippen MR) is 67.1 cm³/mol. The number of benzene rings is 1. The second kappa shape index (κ2) is 5.67. The van der Waals surface area contributed by atoms with Gasteiger partial charge in [-0.05, 0) is 25.0 Å². The Morgan fingerprint density at radius 2 is 2.28 bits per heavy atom. The van der Waals surface area contributed by atoms with Gasteiger partial charge in [0, 0.05) is 12.5 Å². The van der Waals surface area contributed by atoms with Crippen LogP contribution in [0.3, 0.4) is 0 Å². The van der Waals surface area contributed by atoms with Crippen molar-refractivity contribution in [2.45, 2.75) is 25.4 Å². The van der Waals surface area contributed by atoms with Gasteiger partial charge in [0.25, 0.3) is 5.91 Å². The molecule has 0 saturated heterocycles. The normalized spacial score (nSPS) is 23.1. The number of halogens is 2. The Morgan fingerprint density at radius 1 is 1.50 bits per heavy atom. The smallest absolute Gasteiger partial charge is 0.255 e. The Bertz CT molecular complexity index is 432. The second-order valence-corrected chi connectivity index (χ2v) is 4.97. The van der Waals surface area contributed by atoms with E-state index in [2.05, 4.69) is 5.32 Å². The summed E-state index contributed by atoms with van der Waals surface area (Å²) in [6.45, 7) is 0.352. The topological polar surface area (TPSA) is 49.3 Å². The van der Waals surface area contributed by atoms with Crippen LogP contribution in [0, 0.1) is 11.7 Å². The average molecular weight is 272 g/mol. The molecule has 3 nitrogen and oxygen atoms in total. The number of hydrogen-bond donors (Lipinski definition) is 2. The molecular formula is C13H15ClFNO2. The van der Waals surface area contributed by atoms with Crippen molar-refractivity contribution in [3.63, 3.8) is 0 Å². The summed E-state index contributed by atoms with van der Waals surface area (Å²) < 4.78 is 13.5. The van der Waals surface area contributed by atoms with E-state index in [0.29, 0.717) is 6.54 Å². The number of carbonyl (C=O) groups is 1. The quantitative estimate of drug-likeness (QED) is 0.887. The maximum Gasteiger partial charge on any atom is 0.255 e. The lowest BCUT2D eigenvalue weighted by Gasteiger charge is -2.15. The Labute approximate surface area is 110 Å². The number of carbonyl (C=O) groups excluding carboxylic acids is 1. The Morgan fingerprint density at radius 3 is 2.89 bits per heavy atom. The first kappa shape index (κ1) is 13.3. The van der Waals surface area contributed by atoms with Crippen LogP contribution in [0.2, 0.25) is 5.02 Å². The maximum absolute atomic E-state index is 13.5. The molecule has 1 fully saturated rings. The minimum Gasteiger partial charge on any atom is -0.393 e. The van der Waals surface area contributed by atoms with E-state index >= 15 is 0 Å². The minimum absolute atomic E-state index is 0.0551. The van der Waals surface area contributed by atoms with Crippen LogP contribution < -0.4 is 5.32 Å². The Balaban J connectivity index is 1.99. The van der Waals surface area contributed by atoms with Gasteiger partial charge in [0.2, 0.25) is 0 Å². The van der Waals surface area contributed by atoms with E-state index in [-0.39, 0.29) is 22.6 Å². The molecule has 1 aromatic rings. The Hall–Kier alpha value is -1.13. The molecule has 98 valence electrons. The van der Waals surface area contributed by atoms with Gasteiger partial charge in [0.1, 0.15) is 5.82 Å². The molecule has 0 heterocycles. The van der Waals surface area contributed by atoms with Gasteiger partial charge in [0.15, 0.2) is 0 Å². The molecule has 5 heteroatoms. The summed E-state index contributed by atoms with van der Waals surface area (Å²) in [5.41, 5.74) is -0.133. The van der Waals surface area contributed by atoms with Gasteiger partial charge in [-0.1, -0.05) is 24.1 Å². The zero-order valence-electron chi connectivity index (χ0n) is 9.83. The van der Waals surface area contributed by atoms with E-state index in [9.17, 15) is 14.3 Å². The first-order valence-electron chi connectivity index (χ1n) is 6.00. The fourth-order valence-electron chi connectivity index (χ4n) is 2.28. The molecular weight excluding hydrogens is 257 g/mol. The zero-order valence-corrected chi connectivity index (χ0v) is 10.6. The highest BCUT2D eigenvalue weighted by molar-refractivity contribution is 6.33. The van der Waals surface area contributed by atoms with E-state index in [4.69, 9.17) is 11.6 Å². The van der Waals surface area contributed by atoms with E-state index in [0.717, 1.165) is 19.3 Å². The summed E-state index contributed by atoms with van der Waals surface area (Å²) in [7, 11) is 0. The molecule has 0 aliphatic heterocycles. The standard InChI is InChI=1S/C13H15ClFNO2/c14-9-4-2-5-10(15)12(9)13(18)16-7-8-3-1-6-11(8)17/h2,4-5,8,11,17H,1,3,6-7H2,(H,16,18). The largest absolute Gasteiger partial charge is 0.393 e. The Kier molecular flexibility index (Phi) is 4.19. The third kappa shape index (κ3) is 2.82. The van der Waals surface area contributed by atoms with Gasteiger partial charge in [-0.25, -0.2) is 4.39 Å². The molecule has 2 atom stereocenters. The van der Waals surface area contributed by atoms with Crippen LogP contribution in [0.4, 0.5) is 4.39 Å². The molecule has 0 radical (unpaired) electrons. The van der Waals surface area contributed by atoms with Gasteiger partial charge in [-0.2, -0.15) is 0 Å². The highest BCUT2D eigenvalue weighted by Crippen LogP contribution is 2.25. The number of aliphatic hydroxyl groups excluding tert-OH is 1. The van der Waals surface area contributed by atoms with Crippen LogP contribution in [0.1, 0.15) is 29.6 Å². The van der Waals surface area contributed by atoms with E-state index in [1.54, 1.807) is 0 Å². The summed E-state index contributed by atoms with van der Waals surface area (Å²) in [6.07, 6.45) is 2.23. The minimum atomic E-state index is -0.632. The molecule has 2 N–H and O–H groups in total. The zero-order chi connectivity index (χ0) is 13.1. The molecule has 0 spiro atoms. The summed E-state index contributed by atoms with van der Waals surface area (Å²) in [6, 6.07) is 4.13. The number of nitrogens with one attached hydrogen (secondary N) is 1. The molecule has 1 saturated carbocycles. The second-order valence-electron chi connectivity index (χ2n) is 4.57. The molecule has 18 heavy (non-hydrogen) atoms. The predicted octanol–water partition coefficient (Wildman–Crippen LogP) is 2.37. The number of rotatable bonds is 3. The maximum atomic E-state index is 13.5. The van der Waals surface area contributed by atoms with Gasteiger partial charge in [0.05, 0.1) is 16.7 Å². The lowest BCUT2D eigenvalue weighted by Crippen LogP contribution is -2.33. The van der Waals surface area contributed by atoms with Crippen molar-refractivity contribution in [2.24, 2.45) is 5.92 Å². The summed E-state index contributed by atoms with van der Waals surface area (Å²) in [4.78, 5) is 11.8. The third-order valence-electron chi connectivity index (χ3n) is 3.33. The van der Waals surface area contributed by atoms with Gasteiger partial charge >= 0.3 is 0 Å². The number of amides is 1. The van der Waals surface area contributed by atoms with Crippen molar-refractivity contribution in [1.29, 1.82) is 0 Å². The monoisotopic (exact) mass is 271 g/mol. The molecule has 1 aliphatic rings. The average Bonchev–Trinajstić information content (AvgIpc) is 2.72. The van der Waals surface area contributed by atoms with Gasteiger partial charge in [-0.15, -0.1) is 0 Å². The summed E-state index contributed by atoms with van der Waals surface area (Å²) in [5.74, 6) is -1.11. The van der Waals surface area contributed by atoms with E-state index in [1.165, 1.54) is 18.2 Å². The van der Waals surface area contributed by atoms with E-state index < -0.39 is 11.7 Å².